The second-order valence-corrected chi connectivity index (χ2v) is 5.47. The van der Waals surface area contributed by atoms with Crippen LogP contribution in [0.1, 0.15) is 39.4 Å². The van der Waals surface area contributed by atoms with Gasteiger partial charge in [0, 0.05) is 0 Å². The van der Waals surface area contributed by atoms with E-state index in [-0.39, 0.29) is 11.9 Å². The summed E-state index contributed by atoms with van der Waals surface area (Å²) in [5, 5.41) is 0. The Labute approximate surface area is 118 Å². The number of aryl methyl sites for hydroxylation is 2. The first-order valence-corrected chi connectivity index (χ1v) is 6.78. The van der Waals surface area contributed by atoms with Crippen LogP contribution in [0.2, 0.25) is 0 Å². The van der Waals surface area contributed by atoms with Gasteiger partial charge in [-0.3, -0.25) is 0 Å². The number of fused-ring (bicyclic) bond motifs is 1. The highest BCUT2D eigenvalue weighted by atomic mass is 19.1. The zero-order valence-electron chi connectivity index (χ0n) is 11.7. The first kappa shape index (κ1) is 13.3. The molecule has 1 heterocycles. The Hall–Kier alpha value is -1.71. The smallest absolute Gasteiger partial charge is 0.129 e. The molecule has 0 aliphatic carbocycles. The minimum atomic E-state index is -0.237. The van der Waals surface area contributed by atoms with Crippen LogP contribution in [0.15, 0.2) is 30.3 Å². The van der Waals surface area contributed by atoms with Crippen LogP contribution in [0, 0.1) is 19.7 Å². The molecule has 2 N–H and O–H groups in total. The number of hydrogen-bond donors (Lipinski definition) is 1. The standard InChI is InChI=1S/C17H18FNO/c1-10-5-14(6-11(2)16(10)18)17(19)12-3-4-13-8-20-9-15(13)7-12/h3-7,17H,8-9,19H2,1-2H3. The van der Waals surface area contributed by atoms with E-state index in [1.165, 1.54) is 11.1 Å². The summed E-state index contributed by atoms with van der Waals surface area (Å²) in [6.45, 7) is 4.88. The van der Waals surface area contributed by atoms with Crippen molar-refractivity contribution in [1.82, 2.24) is 0 Å². The van der Waals surface area contributed by atoms with E-state index in [4.69, 9.17) is 10.5 Å². The molecule has 0 radical (unpaired) electrons. The SMILES string of the molecule is Cc1cc(C(N)c2ccc3c(c2)COC3)cc(C)c1F. The van der Waals surface area contributed by atoms with Gasteiger partial charge >= 0.3 is 0 Å². The predicted molar refractivity (Wildman–Crippen MR) is 76.8 cm³/mol. The third-order valence-electron chi connectivity index (χ3n) is 3.92. The fourth-order valence-electron chi connectivity index (χ4n) is 2.74. The lowest BCUT2D eigenvalue weighted by Crippen LogP contribution is -2.13. The lowest BCUT2D eigenvalue weighted by atomic mass is 9.94. The second-order valence-electron chi connectivity index (χ2n) is 5.47. The molecule has 0 aromatic heterocycles. The highest BCUT2D eigenvalue weighted by Gasteiger charge is 2.16. The van der Waals surface area contributed by atoms with Crippen LogP contribution in [-0.4, -0.2) is 0 Å². The van der Waals surface area contributed by atoms with Gasteiger partial charge in [0.15, 0.2) is 0 Å². The molecule has 2 nitrogen and oxygen atoms in total. The van der Waals surface area contributed by atoms with Gasteiger partial charge < -0.3 is 10.5 Å². The van der Waals surface area contributed by atoms with Gasteiger partial charge in [-0.15, -0.1) is 0 Å². The first-order chi connectivity index (χ1) is 9.56. The molecular formula is C17H18FNO. The van der Waals surface area contributed by atoms with E-state index < -0.39 is 0 Å². The fourth-order valence-corrected chi connectivity index (χ4v) is 2.74. The molecule has 0 saturated heterocycles. The Morgan fingerprint density at radius 1 is 1.00 bits per heavy atom. The van der Waals surface area contributed by atoms with Gasteiger partial charge in [0.05, 0.1) is 19.3 Å². The van der Waals surface area contributed by atoms with Crippen molar-refractivity contribution in [2.75, 3.05) is 0 Å². The van der Waals surface area contributed by atoms with Crippen molar-refractivity contribution in [2.45, 2.75) is 33.1 Å². The molecule has 2 aromatic rings. The molecule has 0 saturated carbocycles. The number of nitrogens with two attached hydrogens (primary N) is 1. The normalized spacial score (nSPS) is 15.2. The van der Waals surface area contributed by atoms with E-state index in [0.29, 0.717) is 24.3 Å². The zero-order chi connectivity index (χ0) is 14.3. The second kappa shape index (κ2) is 5.00. The van der Waals surface area contributed by atoms with Crippen LogP contribution in [0.3, 0.4) is 0 Å². The summed E-state index contributed by atoms with van der Waals surface area (Å²) < 4.78 is 19.1. The molecule has 1 aliphatic heterocycles. The van der Waals surface area contributed by atoms with E-state index in [1.54, 1.807) is 13.8 Å². The Morgan fingerprint density at radius 2 is 1.65 bits per heavy atom. The Kier molecular flexibility index (Phi) is 3.32. The zero-order valence-corrected chi connectivity index (χ0v) is 11.7. The maximum atomic E-state index is 13.7. The first-order valence-electron chi connectivity index (χ1n) is 6.78. The number of halogens is 1. The summed E-state index contributed by atoms with van der Waals surface area (Å²) in [6.07, 6.45) is 0. The van der Waals surface area contributed by atoms with Gasteiger partial charge in [-0.05, 0) is 47.2 Å². The Balaban J connectivity index is 1.98. The highest BCUT2D eigenvalue weighted by Crippen LogP contribution is 2.27. The summed E-state index contributed by atoms with van der Waals surface area (Å²) >= 11 is 0. The third kappa shape index (κ3) is 2.23. The largest absolute Gasteiger partial charge is 0.372 e. The van der Waals surface area contributed by atoms with Gasteiger partial charge in [0.2, 0.25) is 0 Å². The predicted octanol–water partition coefficient (Wildman–Crippen LogP) is 3.52. The number of benzene rings is 2. The molecule has 0 amide bonds. The van der Waals surface area contributed by atoms with Crippen molar-refractivity contribution in [2.24, 2.45) is 5.73 Å². The van der Waals surface area contributed by atoms with Crippen molar-refractivity contribution in [3.8, 4) is 0 Å². The summed E-state index contributed by atoms with van der Waals surface area (Å²) in [7, 11) is 0. The van der Waals surface area contributed by atoms with E-state index in [1.807, 2.05) is 18.2 Å². The summed E-state index contributed by atoms with van der Waals surface area (Å²) in [6, 6.07) is 9.63. The monoisotopic (exact) mass is 271 g/mol. The molecule has 20 heavy (non-hydrogen) atoms. The van der Waals surface area contributed by atoms with E-state index in [9.17, 15) is 4.39 Å². The molecule has 0 fully saturated rings. The van der Waals surface area contributed by atoms with Crippen molar-refractivity contribution < 1.29 is 9.13 Å². The molecule has 1 unspecified atom stereocenters. The van der Waals surface area contributed by atoms with E-state index in [0.717, 1.165) is 11.1 Å². The van der Waals surface area contributed by atoms with Crippen LogP contribution in [0.5, 0.6) is 0 Å². The van der Waals surface area contributed by atoms with Crippen LogP contribution >= 0.6 is 0 Å². The molecule has 3 rings (SSSR count). The summed E-state index contributed by atoms with van der Waals surface area (Å²) in [5.74, 6) is -0.150. The number of hydrogen-bond acceptors (Lipinski definition) is 2. The Morgan fingerprint density at radius 3 is 2.35 bits per heavy atom. The van der Waals surface area contributed by atoms with Gasteiger partial charge in [-0.25, -0.2) is 4.39 Å². The van der Waals surface area contributed by atoms with Crippen LogP contribution < -0.4 is 5.73 Å². The quantitative estimate of drug-likeness (QED) is 0.907. The number of ether oxygens (including phenoxy) is 1. The fraction of sp³-hybridized carbons (Fsp3) is 0.294. The van der Waals surface area contributed by atoms with E-state index in [2.05, 4.69) is 12.1 Å². The molecule has 2 aromatic carbocycles. The lowest BCUT2D eigenvalue weighted by molar-refractivity contribution is 0.134. The molecular weight excluding hydrogens is 253 g/mol. The molecule has 0 bridgehead atoms. The summed E-state index contributed by atoms with van der Waals surface area (Å²) in [4.78, 5) is 0. The van der Waals surface area contributed by atoms with Gasteiger partial charge in [0.25, 0.3) is 0 Å². The topological polar surface area (TPSA) is 35.2 Å². The average molecular weight is 271 g/mol. The van der Waals surface area contributed by atoms with Crippen molar-refractivity contribution >= 4 is 0 Å². The van der Waals surface area contributed by atoms with Crippen LogP contribution in [0.25, 0.3) is 0 Å². The maximum Gasteiger partial charge on any atom is 0.129 e. The Bertz CT molecular complexity index is 643. The molecule has 1 atom stereocenters. The molecule has 104 valence electrons. The van der Waals surface area contributed by atoms with Crippen LogP contribution in [-0.2, 0) is 18.0 Å². The maximum absolute atomic E-state index is 13.7. The van der Waals surface area contributed by atoms with Crippen molar-refractivity contribution in [3.63, 3.8) is 0 Å². The van der Waals surface area contributed by atoms with Crippen molar-refractivity contribution in [3.05, 3.63) is 69.5 Å². The third-order valence-corrected chi connectivity index (χ3v) is 3.92. The van der Waals surface area contributed by atoms with Gasteiger partial charge in [-0.2, -0.15) is 0 Å². The minimum absolute atomic E-state index is 0.150. The number of rotatable bonds is 2. The van der Waals surface area contributed by atoms with Crippen molar-refractivity contribution in [1.29, 1.82) is 0 Å². The van der Waals surface area contributed by atoms with Gasteiger partial charge in [0.1, 0.15) is 5.82 Å². The average Bonchev–Trinajstić information content (AvgIpc) is 2.90. The van der Waals surface area contributed by atoms with Crippen LogP contribution in [0.4, 0.5) is 4.39 Å². The van der Waals surface area contributed by atoms with E-state index >= 15 is 0 Å². The van der Waals surface area contributed by atoms with Gasteiger partial charge in [-0.1, -0.05) is 30.3 Å². The highest BCUT2D eigenvalue weighted by molar-refractivity contribution is 5.41. The summed E-state index contributed by atoms with van der Waals surface area (Å²) in [5.41, 5.74) is 12.0. The molecule has 3 heteroatoms. The molecule has 0 spiro atoms. The molecule has 1 aliphatic rings. The lowest BCUT2D eigenvalue weighted by Gasteiger charge is -2.16. The minimum Gasteiger partial charge on any atom is -0.372 e.